The summed E-state index contributed by atoms with van der Waals surface area (Å²) in [5, 5.41) is 9.27. The summed E-state index contributed by atoms with van der Waals surface area (Å²) in [6, 6.07) is 21.3. The van der Waals surface area contributed by atoms with Crippen LogP contribution in [0.4, 0.5) is 11.5 Å². The van der Waals surface area contributed by atoms with Gasteiger partial charge in [0, 0.05) is 36.0 Å². The van der Waals surface area contributed by atoms with E-state index in [0.29, 0.717) is 11.4 Å². The smallest absolute Gasteiger partial charge is 0.256 e. The maximum absolute atomic E-state index is 12.5. The number of nitrogens with zero attached hydrogens (tertiary/aromatic N) is 3. The lowest BCUT2D eigenvalue weighted by Gasteiger charge is -2.14. The second kappa shape index (κ2) is 7.41. The highest BCUT2D eigenvalue weighted by Gasteiger charge is 2.14. The van der Waals surface area contributed by atoms with E-state index in [-0.39, 0.29) is 5.91 Å². The van der Waals surface area contributed by atoms with Gasteiger partial charge in [-0.2, -0.15) is 5.10 Å². The third-order valence-corrected chi connectivity index (χ3v) is 4.52. The lowest BCUT2D eigenvalue weighted by atomic mass is 10.1. The summed E-state index contributed by atoms with van der Waals surface area (Å²) in [7, 11) is 0. The highest BCUT2D eigenvalue weighted by molar-refractivity contribution is 6.04. The molecule has 0 radical (unpaired) electrons. The number of hydrogen-bond acceptors (Lipinski definition) is 4. The number of carbonyl (C=O) groups excluding carboxylic acids is 1. The van der Waals surface area contributed by atoms with Crippen LogP contribution < -0.4 is 10.3 Å². The summed E-state index contributed by atoms with van der Waals surface area (Å²) in [6.07, 6.45) is 2.74. The van der Waals surface area contributed by atoms with E-state index in [4.69, 9.17) is 0 Å². The molecule has 0 bridgehead atoms. The molecule has 1 aliphatic heterocycles. The molecule has 2 aromatic carbocycles. The van der Waals surface area contributed by atoms with E-state index < -0.39 is 0 Å². The van der Waals surface area contributed by atoms with Crippen LogP contribution in [0.1, 0.15) is 23.7 Å². The normalized spacial score (nSPS) is 13.4. The molecule has 0 aliphatic carbocycles. The number of pyridine rings is 1. The molecule has 5 nitrogen and oxygen atoms in total. The number of hydrogen-bond donors (Lipinski definition) is 1. The summed E-state index contributed by atoms with van der Waals surface area (Å²) in [6.45, 7) is 2.91. The Balaban J connectivity index is 1.43. The van der Waals surface area contributed by atoms with Crippen LogP contribution in [0.3, 0.4) is 0 Å². The Morgan fingerprint density at radius 2 is 1.74 bits per heavy atom. The molecule has 0 saturated heterocycles. The Labute approximate surface area is 158 Å². The van der Waals surface area contributed by atoms with Crippen LogP contribution in [0, 0.1) is 0 Å². The molecule has 0 unspecified atom stereocenters. The summed E-state index contributed by atoms with van der Waals surface area (Å²) in [5.74, 6) is 0.353. The van der Waals surface area contributed by atoms with Crippen molar-refractivity contribution >= 4 is 23.1 Å². The number of hydrazone groups is 1. The molecule has 0 saturated carbocycles. The standard InChI is InChI=1S/C22H20N4O/c1-16-13-14-26(25-16)20-10-7-18(8-11-20)22(27)24-21-12-9-19(15-23-21)17-5-3-2-4-6-17/h2-12,15H,13-14H2,1H3,(H,23,24,27). The molecule has 4 rings (SSSR count). The van der Waals surface area contributed by atoms with E-state index in [1.165, 1.54) is 0 Å². The van der Waals surface area contributed by atoms with Crippen molar-refractivity contribution in [1.82, 2.24) is 4.98 Å². The van der Waals surface area contributed by atoms with Gasteiger partial charge in [0.15, 0.2) is 0 Å². The fourth-order valence-corrected chi connectivity index (χ4v) is 3.00. The molecule has 5 heteroatoms. The van der Waals surface area contributed by atoms with Crippen molar-refractivity contribution in [3.8, 4) is 11.1 Å². The first-order valence-electron chi connectivity index (χ1n) is 8.93. The van der Waals surface area contributed by atoms with Gasteiger partial charge in [0.05, 0.1) is 5.69 Å². The van der Waals surface area contributed by atoms with Crippen LogP contribution in [0.5, 0.6) is 0 Å². The Bertz CT molecular complexity index is 963. The predicted molar refractivity (Wildman–Crippen MR) is 109 cm³/mol. The topological polar surface area (TPSA) is 57.6 Å². The number of rotatable bonds is 4. The highest BCUT2D eigenvalue weighted by atomic mass is 16.1. The van der Waals surface area contributed by atoms with E-state index in [1.54, 1.807) is 6.20 Å². The van der Waals surface area contributed by atoms with Gasteiger partial charge in [0.25, 0.3) is 5.91 Å². The van der Waals surface area contributed by atoms with Gasteiger partial charge in [-0.3, -0.25) is 9.80 Å². The van der Waals surface area contributed by atoms with Crippen molar-refractivity contribution in [2.75, 3.05) is 16.9 Å². The minimum absolute atomic E-state index is 0.178. The van der Waals surface area contributed by atoms with Crippen molar-refractivity contribution in [2.45, 2.75) is 13.3 Å². The summed E-state index contributed by atoms with van der Waals surface area (Å²) in [5.41, 5.74) is 4.82. The zero-order valence-electron chi connectivity index (χ0n) is 15.1. The minimum Gasteiger partial charge on any atom is -0.307 e. The Kier molecular flexibility index (Phi) is 4.66. The van der Waals surface area contributed by atoms with Gasteiger partial charge >= 0.3 is 0 Å². The predicted octanol–water partition coefficient (Wildman–Crippen LogP) is 4.59. The molecular weight excluding hydrogens is 336 g/mol. The maximum Gasteiger partial charge on any atom is 0.256 e. The number of anilines is 2. The Morgan fingerprint density at radius 3 is 2.37 bits per heavy atom. The molecule has 1 aliphatic rings. The average Bonchev–Trinajstić information content (AvgIpc) is 3.16. The first kappa shape index (κ1) is 17.0. The minimum atomic E-state index is -0.178. The Hall–Kier alpha value is -3.47. The SMILES string of the molecule is CC1=NN(c2ccc(C(=O)Nc3ccc(-c4ccccc4)cn3)cc2)CC1. The molecule has 1 amide bonds. The molecule has 27 heavy (non-hydrogen) atoms. The van der Waals surface area contributed by atoms with Crippen molar-refractivity contribution in [3.05, 3.63) is 78.5 Å². The zero-order valence-corrected chi connectivity index (χ0v) is 15.1. The molecule has 1 N–H and O–H groups in total. The third-order valence-electron chi connectivity index (χ3n) is 4.52. The van der Waals surface area contributed by atoms with Crippen LogP contribution >= 0.6 is 0 Å². The van der Waals surface area contributed by atoms with E-state index in [1.807, 2.05) is 78.7 Å². The summed E-state index contributed by atoms with van der Waals surface area (Å²) < 4.78 is 0. The third kappa shape index (κ3) is 3.87. The van der Waals surface area contributed by atoms with E-state index in [2.05, 4.69) is 15.4 Å². The van der Waals surface area contributed by atoms with Gasteiger partial charge < -0.3 is 5.32 Å². The van der Waals surface area contributed by atoms with Crippen LogP contribution in [0.15, 0.2) is 78.0 Å². The van der Waals surface area contributed by atoms with Crippen molar-refractivity contribution in [2.24, 2.45) is 5.10 Å². The monoisotopic (exact) mass is 356 g/mol. The fraction of sp³-hybridized carbons (Fsp3) is 0.136. The average molecular weight is 356 g/mol. The molecule has 2 heterocycles. The lowest BCUT2D eigenvalue weighted by Crippen LogP contribution is -2.14. The van der Waals surface area contributed by atoms with Crippen molar-refractivity contribution in [1.29, 1.82) is 0 Å². The van der Waals surface area contributed by atoms with Crippen LogP contribution in [-0.2, 0) is 0 Å². The van der Waals surface area contributed by atoms with E-state index in [9.17, 15) is 4.79 Å². The van der Waals surface area contributed by atoms with Gasteiger partial charge in [-0.1, -0.05) is 30.3 Å². The highest BCUT2D eigenvalue weighted by Crippen LogP contribution is 2.21. The lowest BCUT2D eigenvalue weighted by molar-refractivity contribution is 0.102. The number of carbonyl (C=O) groups is 1. The molecule has 1 aromatic heterocycles. The second-order valence-corrected chi connectivity index (χ2v) is 6.51. The molecular formula is C22H20N4O. The van der Waals surface area contributed by atoms with Gasteiger partial charge in [0.2, 0.25) is 0 Å². The maximum atomic E-state index is 12.5. The number of nitrogens with one attached hydrogen (secondary N) is 1. The summed E-state index contributed by atoms with van der Waals surface area (Å²) in [4.78, 5) is 16.8. The molecule has 134 valence electrons. The van der Waals surface area contributed by atoms with Crippen molar-refractivity contribution in [3.63, 3.8) is 0 Å². The molecule has 3 aromatic rings. The van der Waals surface area contributed by atoms with Crippen molar-refractivity contribution < 1.29 is 4.79 Å². The van der Waals surface area contributed by atoms with Crippen LogP contribution in [0.2, 0.25) is 0 Å². The number of benzene rings is 2. The molecule has 0 atom stereocenters. The fourth-order valence-electron chi connectivity index (χ4n) is 3.00. The number of amides is 1. The first-order valence-corrected chi connectivity index (χ1v) is 8.93. The van der Waals surface area contributed by atoms with Crippen LogP contribution in [-0.4, -0.2) is 23.1 Å². The summed E-state index contributed by atoms with van der Waals surface area (Å²) >= 11 is 0. The van der Waals surface area contributed by atoms with Gasteiger partial charge in [0.1, 0.15) is 5.82 Å². The van der Waals surface area contributed by atoms with E-state index in [0.717, 1.165) is 35.5 Å². The zero-order chi connectivity index (χ0) is 18.6. The number of aromatic nitrogens is 1. The molecule has 0 spiro atoms. The van der Waals surface area contributed by atoms with Gasteiger partial charge in [-0.15, -0.1) is 0 Å². The Morgan fingerprint density at radius 1 is 0.963 bits per heavy atom. The molecule has 0 fully saturated rings. The van der Waals surface area contributed by atoms with E-state index >= 15 is 0 Å². The first-order chi connectivity index (χ1) is 13.2. The second-order valence-electron chi connectivity index (χ2n) is 6.51. The van der Waals surface area contributed by atoms with Gasteiger partial charge in [-0.05, 0) is 48.9 Å². The quantitative estimate of drug-likeness (QED) is 0.744. The van der Waals surface area contributed by atoms with Crippen LogP contribution in [0.25, 0.3) is 11.1 Å². The van der Waals surface area contributed by atoms with Gasteiger partial charge in [-0.25, -0.2) is 4.98 Å². The largest absolute Gasteiger partial charge is 0.307 e.